The van der Waals surface area contributed by atoms with Gasteiger partial charge in [-0.05, 0) is 43.2 Å². The highest BCUT2D eigenvalue weighted by Crippen LogP contribution is 2.23. The minimum Gasteiger partial charge on any atom is -0.376 e. The molecule has 1 aliphatic heterocycles. The lowest BCUT2D eigenvalue weighted by Gasteiger charge is -2.16. The highest BCUT2D eigenvalue weighted by Gasteiger charge is 2.21. The Bertz CT molecular complexity index is 1230. The number of benzene rings is 2. The summed E-state index contributed by atoms with van der Waals surface area (Å²) < 4.78 is 7.24. The van der Waals surface area contributed by atoms with Crippen LogP contribution in [0.2, 0.25) is 5.02 Å². The van der Waals surface area contributed by atoms with Crippen molar-refractivity contribution < 1.29 is 14.5 Å². The first-order valence-corrected chi connectivity index (χ1v) is 11.3. The lowest BCUT2D eigenvalue weighted by atomic mass is 10.2. The molecule has 32 heavy (non-hydrogen) atoms. The third-order valence-corrected chi connectivity index (χ3v) is 6.20. The van der Waals surface area contributed by atoms with E-state index in [1.54, 1.807) is 22.8 Å². The van der Waals surface area contributed by atoms with E-state index in [1.165, 1.54) is 24.3 Å². The Morgan fingerprint density at radius 1 is 1.31 bits per heavy atom. The number of nitro benzene ring substituents is 1. The topological polar surface area (TPSA) is 116 Å². The molecule has 3 aromatic rings. The Morgan fingerprint density at radius 3 is 2.78 bits per heavy atom. The van der Waals surface area contributed by atoms with Gasteiger partial charge in [0.05, 0.1) is 34.2 Å². The number of rotatable bonds is 7. The molecule has 1 N–H and O–H groups in total. The maximum atomic E-state index is 13.1. The van der Waals surface area contributed by atoms with Gasteiger partial charge < -0.3 is 10.1 Å². The summed E-state index contributed by atoms with van der Waals surface area (Å²) in [4.78, 5) is 40.4. The smallest absolute Gasteiger partial charge is 0.269 e. The van der Waals surface area contributed by atoms with Gasteiger partial charge in [0.1, 0.15) is 0 Å². The number of nitro groups is 1. The highest BCUT2D eigenvalue weighted by atomic mass is 35.5. The standard InChI is InChI=1S/C21H19ClN4O5S/c22-13-3-8-17-18(10-13)24-21(25(20(17)28)11-16-2-1-9-31-16)32-12-19(27)23-14-4-6-15(7-5-14)26(29)30/h3-8,10,16H,1-2,9,11-12H2,(H,23,27). The van der Waals surface area contributed by atoms with Crippen LogP contribution < -0.4 is 10.9 Å². The van der Waals surface area contributed by atoms with Crippen molar-refractivity contribution in [3.05, 3.63) is 68.0 Å². The second kappa shape index (κ2) is 9.68. The average Bonchev–Trinajstić information content (AvgIpc) is 3.28. The maximum absolute atomic E-state index is 13.1. The first-order valence-electron chi connectivity index (χ1n) is 9.89. The molecule has 1 saturated heterocycles. The Labute approximate surface area is 191 Å². The van der Waals surface area contributed by atoms with Gasteiger partial charge in [-0.2, -0.15) is 0 Å². The van der Waals surface area contributed by atoms with Crippen molar-refractivity contribution in [2.24, 2.45) is 0 Å². The molecule has 9 nitrogen and oxygen atoms in total. The molecule has 1 atom stereocenters. The normalized spacial score (nSPS) is 15.7. The molecule has 2 heterocycles. The molecular weight excluding hydrogens is 456 g/mol. The van der Waals surface area contributed by atoms with Crippen LogP contribution in [0.25, 0.3) is 10.9 Å². The van der Waals surface area contributed by atoms with E-state index in [-0.39, 0.29) is 29.0 Å². The van der Waals surface area contributed by atoms with Gasteiger partial charge in [-0.1, -0.05) is 23.4 Å². The van der Waals surface area contributed by atoms with Crippen LogP contribution in [0.1, 0.15) is 12.8 Å². The van der Waals surface area contributed by atoms with Crippen LogP contribution in [0, 0.1) is 10.1 Å². The maximum Gasteiger partial charge on any atom is 0.269 e. The van der Waals surface area contributed by atoms with Crippen molar-refractivity contribution in [3.8, 4) is 0 Å². The summed E-state index contributed by atoms with van der Waals surface area (Å²) in [7, 11) is 0. The number of aromatic nitrogens is 2. The second-order valence-electron chi connectivity index (χ2n) is 7.25. The van der Waals surface area contributed by atoms with E-state index in [2.05, 4.69) is 10.3 Å². The summed E-state index contributed by atoms with van der Waals surface area (Å²) >= 11 is 7.20. The monoisotopic (exact) mass is 474 g/mol. The third kappa shape index (κ3) is 5.09. The molecule has 2 aromatic carbocycles. The van der Waals surface area contributed by atoms with E-state index in [0.717, 1.165) is 24.6 Å². The third-order valence-electron chi connectivity index (χ3n) is 4.99. The first kappa shape index (κ1) is 22.3. The summed E-state index contributed by atoms with van der Waals surface area (Å²) in [5.41, 5.74) is 0.635. The van der Waals surface area contributed by atoms with Crippen molar-refractivity contribution in [2.45, 2.75) is 30.6 Å². The van der Waals surface area contributed by atoms with Gasteiger partial charge in [0.25, 0.3) is 11.2 Å². The molecule has 0 aliphatic carbocycles. The Hall–Kier alpha value is -2.95. The van der Waals surface area contributed by atoms with E-state index >= 15 is 0 Å². The number of nitrogens with one attached hydrogen (secondary N) is 1. The highest BCUT2D eigenvalue weighted by molar-refractivity contribution is 7.99. The van der Waals surface area contributed by atoms with Crippen molar-refractivity contribution in [1.29, 1.82) is 0 Å². The molecule has 0 bridgehead atoms. The predicted molar refractivity (Wildman–Crippen MR) is 122 cm³/mol. The van der Waals surface area contributed by atoms with Gasteiger partial charge >= 0.3 is 0 Å². The van der Waals surface area contributed by atoms with Gasteiger partial charge in [0.2, 0.25) is 5.91 Å². The number of carbonyl (C=O) groups excluding carboxylic acids is 1. The molecule has 11 heteroatoms. The van der Waals surface area contributed by atoms with Crippen LogP contribution in [0.3, 0.4) is 0 Å². The number of carbonyl (C=O) groups is 1. The van der Waals surface area contributed by atoms with Crippen LogP contribution >= 0.6 is 23.4 Å². The zero-order valence-electron chi connectivity index (χ0n) is 16.8. The van der Waals surface area contributed by atoms with Gasteiger partial charge in [-0.3, -0.25) is 24.3 Å². The molecule has 1 amide bonds. The van der Waals surface area contributed by atoms with Gasteiger partial charge in [-0.15, -0.1) is 0 Å². The zero-order valence-corrected chi connectivity index (χ0v) is 18.4. The van der Waals surface area contributed by atoms with Gasteiger partial charge in [0, 0.05) is 29.4 Å². The molecule has 1 aliphatic rings. The first-order chi connectivity index (χ1) is 15.4. The number of hydrogen-bond donors (Lipinski definition) is 1. The summed E-state index contributed by atoms with van der Waals surface area (Å²) in [6.45, 7) is 1.02. The number of thioether (sulfide) groups is 1. The minimum absolute atomic E-state index is 0.00102. The predicted octanol–water partition coefficient (Wildman–Crippen LogP) is 3.87. The average molecular weight is 475 g/mol. The molecule has 4 rings (SSSR count). The number of anilines is 1. The number of amides is 1. The number of non-ortho nitro benzene ring substituents is 1. The van der Waals surface area contributed by atoms with Crippen LogP contribution in [-0.4, -0.2) is 38.8 Å². The lowest BCUT2D eigenvalue weighted by molar-refractivity contribution is -0.384. The lowest BCUT2D eigenvalue weighted by Crippen LogP contribution is -2.29. The number of halogens is 1. The number of ether oxygens (including phenoxy) is 1. The van der Waals surface area contributed by atoms with E-state index in [1.807, 2.05) is 0 Å². The fraction of sp³-hybridized carbons (Fsp3) is 0.286. The largest absolute Gasteiger partial charge is 0.376 e. The van der Waals surface area contributed by atoms with E-state index in [0.29, 0.717) is 39.9 Å². The molecule has 0 spiro atoms. The molecular formula is C21H19ClN4O5S. The van der Waals surface area contributed by atoms with Crippen LogP contribution in [0.5, 0.6) is 0 Å². The second-order valence-corrected chi connectivity index (χ2v) is 8.63. The molecule has 1 unspecified atom stereocenters. The van der Waals surface area contributed by atoms with Gasteiger partial charge in [-0.25, -0.2) is 4.98 Å². The minimum atomic E-state index is -0.508. The van der Waals surface area contributed by atoms with Crippen molar-refractivity contribution >= 4 is 51.5 Å². The van der Waals surface area contributed by atoms with Crippen molar-refractivity contribution in [3.63, 3.8) is 0 Å². The van der Waals surface area contributed by atoms with Crippen molar-refractivity contribution in [1.82, 2.24) is 9.55 Å². The van der Waals surface area contributed by atoms with E-state index in [4.69, 9.17) is 16.3 Å². The molecule has 0 radical (unpaired) electrons. The number of fused-ring (bicyclic) bond motifs is 1. The Morgan fingerprint density at radius 2 is 2.09 bits per heavy atom. The zero-order chi connectivity index (χ0) is 22.7. The SMILES string of the molecule is O=C(CSc1nc2cc(Cl)ccc2c(=O)n1CC1CCCO1)Nc1ccc([N+](=O)[O-])cc1. The number of nitrogens with zero attached hydrogens (tertiary/aromatic N) is 3. The quantitative estimate of drug-likeness (QED) is 0.239. The summed E-state index contributed by atoms with van der Waals surface area (Å²) in [6, 6.07) is 10.5. The van der Waals surface area contributed by atoms with Gasteiger partial charge in [0.15, 0.2) is 5.16 Å². The number of hydrogen-bond acceptors (Lipinski definition) is 7. The molecule has 166 valence electrons. The van der Waals surface area contributed by atoms with E-state index < -0.39 is 4.92 Å². The van der Waals surface area contributed by atoms with Crippen LogP contribution in [0.15, 0.2) is 52.4 Å². The van der Waals surface area contributed by atoms with E-state index in [9.17, 15) is 19.7 Å². The fourth-order valence-electron chi connectivity index (χ4n) is 3.43. The molecule has 0 saturated carbocycles. The summed E-state index contributed by atoms with van der Waals surface area (Å²) in [5.74, 6) is -0.325. The molecule has 1 aromatic heterocycles. The van der Waals surface area contributed by atoms with Crippen molar-refractivity contribution in [2.75, 3.05) is 17.7 Å². The molecule has 1 fully saturated rings. The van der Waals surface area contributed by atoms with Crippen LogP contribution in [0.4, 0.5) is 11.4 Å². The summed E-state index contributed by atoms with van der Waals surface area (Å²) in [6.07, 6.45) is 1.72. The summed E-state index contributed by atoms with van der Waals surface area (Å²) in [5, 5.41) is 14.8. The fourth-order valence-corrected chi connectivity index (χ4v) is 4.41. The Balaban J connectivity index is 1.54. The Kier molecular flexibility index (Phi) is 6.73. The van der Waals surface area contributed by atoms with Crippen LogP contribution in [-0.2, 0) is 16.1 Å².